The number of nitro benzene ring substituents is 2. The van der Waals surface area contributed by atoms with E-state index in [2.05, 4.69) is 4.36 Å². The van der Waals surface area contributed by atoms with Gasteiger partial charge in [0.15, 0.2) is 0 Å². The molecule has 0 unspecified atom stereocenters. The lowest BCUT2D eigenvalue weighted by molar-refractivity contribution is -0.385. The smallest absolute Gasteiger partial charge is 0.474 e. The summed E-state index contributed by atoms with van der Waals surface area (Å²) in [7, 11) is -6.30. The normalized spacial score (nSPS) is 15.9. The predicted octanol–water partition coefficient (Wildman–Crippen LogP) is 7.06. The van der Waals surface area contributed by atoms with Crippen LogP contribution in [0.15, 0.2) is 111 Å². The van der Waals surface area contributed by atoms with E-state index in [0.29, 0.717) is 17.7 Å². The summed E-state index contributed by atoms with van der Waals surface area (Å²) < 4.78 is 81.7. The Morgan fingerprint density at radius 2 is 1.00 bits per heavy atom. The number of halogens is 3. The third-order valence-corrected chi connectivity index (χ3v) is 14.2. The number of nitrogens with zero attached hydrogens (tertiary/aromatic N) is 3. The maximum absolute atomic E-state index is 12.6. The molecule has 0 saturated heterocycles. The van der Waals surface area contributed by atoms with Crippen LogP contribution >= 0.6 is 0 Å². The molecular formula is C40H37F3N4O15S2. The van der Waals surface area contributed by atoms with Gasteiger partial charge < -0.3 is 19.7 Å². The van der Waals surface area contributed by atoms with Gasteiger partial charge in [-0.3, -0.25) is 25.0 Å². The molecule has 6 rings (SSSR count). The summed E-state index contributed by atoms with van der Waals surface area (Å²) in [6.45, 7) is 3.58. The molecule has 0 radical (unpaired) electrons. The second-order valence-corrected chi connectivity index (χ2v) is 18.8. The van der Waals surface area contributed by atoms with Gasteiger partial charge >= 0.3 is 36.0 Å². The van der Waals surface area contributed by atoms with E-state index in [-0.39, 0.29) is 32.6 Å². The Bertz CT molecular complexity index is 2590. The highest BCUT2D eigenvalue weighted by Gasteiger charge is 2.44. The Kier molecular flexibility index (Phi) is 15.8. The quantitative estimate of drug-likeness (QED) is 0.0686. The van der Waals surface area contributed by atoms with E-state index in [4.69, 9.17) is 14.3 Å². The van der Waals surface area contributed by atoms with Crippen molar-refractivity contribution in [2.75, 3.05) is 0 Å². The van der Waals surface area contributed by atoms with E-state index >= 15 is 0 Å². The van der Waals surface area contributed by atoms with Gasteiger partial charge in [0.2, 0.25) is 12.2 Å². The summed E-state index contributed by atoms with van der Waals surface area (Å²) in [6, 6.07) is 21.7. The van der Waals surface area contributed by atoms with Crippen LogP contribution in [-0.2, 0) is 43.3 Å². The van der Waals surface area contributed by atoms with Gasteiger partial charge in [0, 0.05) is 44.6 Å². The molecule has 2 aliphatic rings. The maximum atomic E-state index is 12.6. The number of carboxylic acids is 2. The average molecular weight is 935 g/mol. The molecule has 0 heterocycles. The van der Waals surface area contributed by atoms with E-state index in [1.807, 2.05) is 0 Å². The second kappa shape index (κ2) is 20.4. The monoisotopic (exact) mass is 934 g/mol. The van der Waals surface area contributed by atoms with Crippen molar-refractivity contribution >= 4 is 60.6 Å². The van der Waals surface area contributed by atoms with E-state index in [9.17, 15) is 76.0 Å². The topological polar surface area (TPSA) is 301 Å². The first-order chi connectivity index (χ1) is 29.8. The van der Waals surface area contributed by atoms with Crippen molar-refractivity contribution in [2.24, 2.45) is 4.36 Å². The summed E-state index contributed by atoms with van der Waals surface area (Å²) in [5.74, 6) is -8.03. The van der Waals surface area contributed by atoms with Crippen LogP contribution in [0, 0.1) is 38.9 Å². The molecule has 0 spiro atoms. The zero-order valence-corrected chi connectivity index (χ0v) is 35.0. The Hall–Kier alpha value is -7.08. The van der Waals surface area contributed by atoms with Gasteiger partial charge in [-0.25, -0.2) is 32.4 Å². The molecule has 1 amide bonds. The number of ether oxygens (including phenoxy) is 2. The van der Waals surface area contributed by atoms with Gasteiger partial charge in [0.05, 0.1) is 40.4 Å². The zero-order valence-electron chi connectivity index (χ0n) is 33.4. The van der Waals surface area contributed by atoms with Crippen molar-refractivity contribution in [1.82, 2.24) is 0 Å². The van der Waals surface area contributed by atoms with Crippen LogP contribution in [0.5, 0.6) is 0 Å². The molecular weight excluding hydrogens is 898 g/mol. The number of carbonyl (C=O) groups excluding carboxylic acids is 3. The Balaban J connectivity index is 0.000000220. The van der Waals surface area contributed by atoms with Crippen LogP contribution in [0.4, 0.5) is 24.5 Å². The molecule has 0 aliphatic heterocycles. The molecule has 4 aromatic carbocycles. The minimum atomic E-state index is -5.20. The fourth-order valence-corrected chi connectivity index (χ4v) is 9.25. The van der Waals surface area contributed by atoms with Crippen LogP contribution in [0.3, 0.4) is 0 Å². The van der Waals surface area contributed by atoms with E-state index in [1.54, 1.807) is 38.1 Å². The van der Waals surface area contributed by atoms with Crippen molar-refractivity contribution < 1.29 is 75.1 Å². The van der Waals surface area contributed by atoms with Gasteiger partial charge in [-0.05, 0) is 88.1 Å². The third kappa shape index (κ3) is 13.2. The number of nitrogens with one attached hydrogen (secondary N) is 1. The standard InChI is InChI=1S/C20H18O8.C11H9F3N2O4S.C9H10N2O3S/c1-11-3-7-13(8-4-11)19(25)27-15(17(21)22)16(18(23)24)28-20(26)14-9-5-12(2)6-10-14;12-11(13,14)10(17)15-21(20,9-5-6-9)8-3-1-7(2-4-8)16(18)19;10-15(14,9-5-6-9)8-3-1-7(2-4-8)11(12)13/h3-10,15-16H,1-2H3,(H,21,22)(H,23,24);1-4,9H,5-6H2;1-4,9-10H,5-6H2/t15-,16-;21-;15-/m000/s1. The molecule has 19 nitrogen and oxygen atoms in total. The number of non-ortho nitro benzene ring substituents is 2. The highest BCUT2D eigenvalue weighted by molar-refractivity contribution is 7.94. The Morgan fingerprint density at radius 3 is 1.30 bits per heavy atom. The first-order valence-electron chi connectivity index (χ1n) is 18.5. The highest BCUT2D eigenvalue weighted by Crippen LogP contribution is 2.37. The summed E-state index contributed by atoms with van der Waals surface area (Å²) in [5, 5.41) is 38.9. The number of alkyl halides is 3. The number of aliphatic carboxylic acids is 2. The predicted molar refractivity (Wildman–Crippen MR) is 217 cm³/mol. The van der Waals surface area contributed by atoms with E-state index < -0.39 is 82.7 Å². The molecule has 0 bridgehead atoms. The molecule has 2 saturated carbocycles. The largest absolute Gasteiger partial charge is 0.478 e. The number of carbonyl (C=O) groups is 5. The van der Waals surface area contributed by atoms with Crippen LogP contribution in [-0.4, -0.2) is 87.1 Å². The molecule has 0 aromatic heterocycles. The number of carboxylic acid groups (broad SMARTS) is 2. The first-order valence-corrected chi connectivity index (χ1v) is 21.7. The van der Waals surface area contributed by atoms with Gasteiger partial charge in [-0.15, -0.1) is 4.36 Å². The summed E-state index contributed by atoms with van der Waals surface area (Å²) in [6.07, 6.45) is -7.22. The molecule has 24 heteroatoms. The maximum Gasteiger partial charge on any atom is 0.474 e. The number of esters is 2. The van der Waals surface area contributed by atoms with Gasteiger partial charge in [-0.2, -0.15) is 13.2 Å². The minimum Gasteiger partial charge on any atom is -0.478 e. The van der Waals surface area contributed by atoms with Crippen LogP contribution in [0.1, 0.15) is 57.5 Å². The summed E-state index contributed by atoms with van der Waals surface area (Å²) in [5.41, 5.74) is 1.46. The molecule has 340 valence electrons. The fraction of sp³-hybridized carbons (Fsp3) is 0.275. The average Bonchev–Trinajstić information content (AvgIpc) is 4.16. The lowest BCUT2D eigenvalue weighted by Crippen LogP contribution is -2.45. The number of hydrogen-bond acceptors (Lipinski definition) is 14. The minimum absolute atomic E-state index is 0.0332. The summed E-state index contributed by atoms with van der Waals surface area (Å²) >= 11 is 0. The van der Waals surface area contributed by atoms with Crippen LogP contribution < -0.4 is 0 Å². The van der Waals surface area contributed by atoms with Crippen molar-refractivity contribution in [3.63, 3.8) is 0 Å². The third-order valence-electron chi connectivity index (χ3n) is 9.02. The van der Waals surface area contributed by atoms with Crippen LogP contribution in [0.25, 0.3) is 0 Å². The lowest BCUT2D eigenvalue weighted by atomic mass is 10.1. The Labute approximate surface area is 361 Å². The molecule has 4 atom stereocenters. The van der Waals surface area contributed by atoms with Crippen LogP contribution in [0.2, 0.25) is 0 Å². The van der Waals surface area contributed by atoms with Crippen molar-refractivity contribution in [1.29, 1.82) is 4.78 Å². The van der Waals surface area contributed by atoms with Crippen molar-refractivity contribution in [3.05, 3.63) is 140 Å². The molecule has 4 aromatic rings. The van der Waals surface area contributed by atoms with E-state index in [0.717, 1.165) is 48.2 Å². The molecule has 3 N–H and O–H groups in total. The number of nitro groups is 2. The van der Waals surface area contributed by atoms with Gasteiger partial charge in [0.1, 0.15) is 0 Å². The number of aryl methyl sites for hydroxylation is 2. The fourth-order valence-electron chi connectivity index (χ4n) is 5.24. The SMILES string of the molecule is Cc1ccc(C(=O)O[C@H](C(=O)O)[C@H](OC(=O)c2ccc(C)cc2)C(=O)O)cc1.N=[S@](=O)(c1ccc([N+](=O)[O-])cc1)C1CC1.O=C(N=[S@](=O)(c1ccc([N+](=O)[O-])cc1)C1CC1)C(F)(F)F. The van der Waals surface area contributed by atoms with Gasteiger partial charge in [0.25, 0.3) is 11.4 Å². The lowest BCUT2D eigenvalue weighted by Gasteiger charge is -2.21. The number of hydrogen-bond donors (Lipinski definition) is 3. The molecule has 64 heavy (non-hydrogen) atoms. The van der Waals surface area contributed by atoms with Crippen molar-refractivity contribution in [3.8, 4) is 0 Å². The first kappa shape index (κ1) is 49.6. The number of benzene rings is 4. The highest BCUT2D eigenvalue weighted by atomic mass is 32.2. The second-order valence-electron chi connectivity index (χ2n) is 14.0. The molecule has 2 aliphatic carbocycles. The Morgan fingerprint density at radius 1 is 0.656 bits per heavy atom. The van der Waals surface area contributed by atoms with E-state index in [1.165, 1.54) is 48.5 Å². The number of amides is 1. The molecule has 2 fully saturated rings. The summed E-state index contributed by atoms with van der Waals surface area (Å²) in [4.78, 5) is 78.3. The van der Waals surface area contributed by atoms with Gasteiger partial charge in [-0.1, -0.05) is 35.4 Å². The zero-order chi connectivity index (χ0) is 47.7. The van der Waals surface area contributed by atoms with Crippen molar-refractivity contribution in [2.45, 2.75) is 78.2 Å². The number of rotatable bonds is 13.